The van der Waals surface area contributed by atoms with E-state index >= 15 is 0 Å². The van der Waals surface area contributed by atoms with E-state index in [-0.39, 0.29) is 0 Å². The summed E-state index contributed by atoms with van der Waals surface area (Å²) in [7, 11) is 0. The number of aliphatic carboxylic acids is 1. The third kappa shape index (κ3) is 5.07. The fourth-order valence-electron chi connectivity index (χ4n) is 1.65. The molecule has 1 N–H and O–H groups in total. The zero-order valence-electron chi connectivity index (χ0n) is 10.7. The maximum Gasteiger partial charge on any atom is 0.311 e. The first kappa shape index (κ1) is 15.0. The molecule has 0 saturated heterocycles. The van der Waals surface area contributed by atoms with Gasteiger partial charge in [0.05, 0.1) is 5.92 Å². The van der Waals surface area contributed by atoms with E-state index in [4.69, 9.17) is 16.3 Å². The van der Waals surface area contributed by atoms with Crippen molar-refractivity contribution >= 4 is 17.6 Å². The van der Waals surface area contributed by atoms with Gasteiger partial charge in [0.2, 0.25) is 0 Å². The first-order chi connectivity index (χ1) is 8.50. The lowest BCUT2D eigenvalue weighted by atomic mass is 9.96. The fourth-order valence-corrected chi connectivity index (χ4v) is 1.77. The second-order valence-corrected chi connectivity index (χ2v) is 5.14. The SMILES string of the molecule is CC(C)COCCC(C(=O)O)c1ccc(Cl)cc1. The molecule has 1 rings (SSSR count). The largest absolute Gasteiger partial charge is 0.481 e. The molecule has 1 unspecified atom stereocenters. The van der Waals surface area contributed by atoms with Crippen LogP contribution in [0.3, 0.4) is 0 Å². The summed E-state index contributed by atoms with van der Waals surface area (Å²) >= 11 is 5.79. The van der Waals surface area contributed by atoms with E-state index in [9.17, 15) is 9.90 Å². The van der Waals surface area contributed by atoms with Gasteiger partial charge in [0, 0.05) is 18.2 Å². The molecule has 0 heterocycles. The standard InChI is InChI=1S/C14H19ClO3/c1-10(2)9-18-8-7-13(14(16)17)11-3-5-12(15)6-4-11/h3-6,10,13H,7-9H2,1-2H3,(H,16,17). The molecule has 0 aliphatic carbocycles. The van der Waals surface area contributed by atoms with Gasteiger partial charge in [-0.3, -0.25) is 4.79 Å². The number of hydrogen-bond donors (Lipinski definition) is 1. The Morgan fingerprint density at radius 3 is 2.44 bits per heavy atom. The first-order valence-corrected chi connectivity index (χ1v) is 6.44. The molecule has 1 atom stereocenters. The Hall–Kier alpha value is -1.06. The molecule has 0 radical (unpaired) electrons. The smallest absolute Gasteiger partial charge is 0.311 e. The molecule has 0 aliphatic heterocycles. The van der Waals surface area contributed by atoms with Gasteiger partial charge in [0.1, 0.15) is 0 Å². The minimum atomic E-state index is -0.828. The number of benzene rings is 1. The monoisotopic (exact) mass is 270 g/mol. The molecule has 3 nitrogen and oxygen atoms in total. The molecule has 0 saturated carbocycles. The van der Waals surface area contributed by atoms with Crippen LogP contribution in [0.15, 0.2) is 24.3 Å². The summed E-state index contributed by atoms with van der Waals surface area (Å²) < 4.78 is 5.43. The van der Waals surface area contributed by atoms with E-state index in [2.05, 4.69) is 13.8 Å². The van der Waals surface area contributed by atoms with Gasteiger partial charge >= 0.3 is 5.97 Å². The van der Waals surface area contributed by atoms with Crippen molar-refractivity contribution in [1.82, 2.24) is 0 Å². The van der Waals surface area contributed by atoms with Gasteiger partial charge in [-0.25, -0.2) is 0 Å². The minimum absolute atomic E-state index is 0.456. The molecule has 0 aromatic heterocycles. The highest BCUT2D eigenvalue weighted by Crippen LogP contribution is 2.22. The maximum absolute atomic E-state index is 11.2. The second-order valence-electron chi connectivity index (χ2n) is 4.70. The van der Waals surface area contributed by atoms with E-state index in [1.165, 1.54) is 0 Å². The predicted molar refractivity (Wildman–Crippen MR) is 72.1 cm³/mol. The quantitative estimate of drug-likeness (QED) is 0.771. The zero-order valence-corrected chi connectivity index (χ0v) is 11.5. The van der Waals surface area contributed by atoms with Crippen LogP contribution < -0.4 is 0 Å². The molecule has 0 fully saturated rings. The van der Waals surface area contributed by atoms with Crippen molar-refractivity contribution in [3.8, 4) is 0 Å². The average Bonchev–Trinajstić information content (AvgIpc) is 2.30. The van der Waals surface area contributed by atoms with Gasteiger partial charge in [-0.1, -0.05) is 37.6 Å². The molecule has 18 heavy (non-hydrogen) atoms. The summed E-state index contributed by atoms with van der Waals surface area (Å²) in [4.78, 5) is 11.2. The highest BCUT2D eigenvalue weighted by atomic mass is 35.5. The summed E-state index contributed by atoms with van der Waals surface area (Å²) in [5, 5.41) is 9.83. The zero-order chi connectivity index (χ0) is 13.5. The predicted octanol–water partition coefficient (Wildman–Crippen LogP) is 3.57. The molecule has 0 spiro atoms. The van der Waals surface area contributed by atoms with Crippen LogP contribution in [0.2, 0.25) is 5.02 Å². The lowest BCUT2D eigenvalue weighted by molar-refractivity contribution is -0.139. The van der Waals surface area contributed by atoms with Crippen LogP contribution in [-0.4, -0.2) is 24.3 Å². The van der Waals surface area contributed by atoms with Crippen molar-refractivity contribution in [3.05, 3.63) is 34.9 Å². The van der Waals surface area contributed by atoms with Gasteiger partial charge < -0.3 is 9.84 Å². The number of rotatable bonds is 7. The Morgan fingerprint density at radius 1 is 1.33 bits per heavy atom. The summed E-state index contributed by atoms with van der Waals surface area (Å²) in [5.74, 6) is -0.899. The molecule has 1 aromatic carbocycles. The van der Waals surface area contributed by atoms with Crippen LogP contribution in [0.5, 0.6) is 0 Å². The van der Waals surface area contributed by atoms with Crippen molar-refractivity contribution in [3.63, 3.8) is 0 Å². The lowest BCUT2D eigenvalue weighted by Crippen LogP contribution is -2.15. The number of halogens is 1. The number of carboxylic acids is 1. The lowest BCUT2D eigenvalue weighted by Gasteiger charge is -2.13. The summed E-state index contributed by atoms with van der Waals surface area (Å²) in [6.45, 7) is 5.24. The van der Waals surface area contributed by atoms with Crippen LogP contribution in [0.1, 0.15) is 31.7 Å². The molecule has 0 aliphatic rings. The molecule has 0 bridgehead atoms. The summed E-state index contributed by atoms with van der Waals surface area (Å²) in [6, 6.07) is 6.93. The van der Waals surface area contributed by atoms with Crippen LogP contribution >= 0.6 is 11.6 Å². The Labute approximate surface area is 113 Å². The Bertz CT molecular complexity index is 373. The molecule has 100 valence electrons. The van der Waals surface area contributed by atoms with Crippen molar-refractivity contribution in [2.45, 2.75) is 26.2 Å². The summed E-state index contributed by atoms with van der Waals surface area (Å²) in [5.41, 5.74) is 0.764. The van der Waals surface area contributed by atoms with E-state index in [1.807, 2.05) is 0 Å². The number of carboxylic acid groups (broad SMARTS) is 1. The van der Waals surface area contributed by atoms with Crippen molar-refractivity contribution in [1.29, 1.82) is 0 Å². The van der Waals surface area contributed by atoms with Crippen LogP contribution in [0, 0.1) is 5.92 Å². The average molecular weight is 271 g/mol. The number of carbonyl (C=O) groups is 1. The van der Waals surface area contributed by atoms with E-state index in [0.717, 1.165) is 5.56 Å². The topological polar surface area (TPSA) is 46.5 Å². The van der Waals surface area contributed by atoms with Gasteiger partial charge in [0.15, 0.2) is 0 Å². The fraction of sp³-hybridized carbons (Fsp3) is 0.500. The molecule has 1 aromatic rings. The van der Waals surface area contributed by atoms with Crippen LogP contribution in [0.25, 0.3) is 0 Å². The minimum Gasteiger partial charge on any atom is -0.481 e. The van der Waals surface area contributed by atoms with Crippen molar-refractivity contribution in [2.24, 2.45) is 5.92 Å². The van der Waals surface area contributed by atoms with Gasteiger partial charge in [-0.05, 0) is 30.0 Å². The third-order valence-electron chi connectivity index (χ3n) is 2.57. The number of ether oxygens (including phenoxy) is 1. The van der Waals surface area contributed by atoms with Crippen LogP contribution in [0.4, 0.5) is 0 Å². The maximum atomic E-state index is 11.2. The Kier molecular flexibility index (Phi) is 6.16. The Balaban J connectivity index is 2.55. The second kappa shape index (κ2) is 7.39. The molecule has 4 heteroatoms. The third-order valence-corrected chi connectivity index (χ3v) is 2.82. The van der Waals surface area contributed by atoms with Crippen molar-refractivity contribution < 1.29 is 14.6 Å². The molecular formula is C14H19ClO3. The molecular weight excluding hydrogens is 252 g/mol. The van der Waals surface area contributed by atoms with E-state index < -0.39 is 11.9 Å². The first-order valence-electron chi connectivity index (χ1n) is 6.06. The normalized spacial score (nSPS) is 12.7. The molecule has 0 amide bonds. The van der Waals surface area contributed by atoms with Crippen LogP contribution in [-0.2, 0) is 9.53 Å². The van der Waals surface area contributed by atoms with Crippen molar-refractivity contribution in [2.75, 3.05) is 13.2 Å². The van der Waals surface area contributed by atoms with E-state index in [0.29, 0.717) is 30.6 Å². The Morgan fingerprint density at radius 2 is 1.94 bits per heavy atom. The van der Waals surface area contributed by atoms with Gasteiger partial charge in [-0.15, -0.1) is 0 Å². The van der Waals surface area contributed by atoms with E-state index in [1.54, 1.807) is 24.3 Å². The van der Waals surface area contributed by atoms with Gasteiger partial charge in [-0.2, -0.15) is 0 Å². The summed E-state index contributed by atoms with van der Waals surface area (Å²) in [6.07, 6.45) is 0.476. The number of hydrogen-bond acceptors (Lipinski definition) is 2. The highest BCUT2D eigenvalue weighted by Gasteiger charge is 2.19. The highest BCUT2D eigenvalue weighted by molar-refractivity contribution is 6.30. The van der Waals surface area contributed by atoms with Gasteiger partial charge in [0.25, 0.3) is 0 Å².